The minimum atomic E-state index is 0.654. The van der Waals surface area contributed by atoms with Crippen molar-refractivity contribution in [1.29, 1.82) is 0 Å². The zero-order valence-electron chi connectivity index (χ0n) is 13.7. The summed E-state index contributed by atoms with van der Waals surface area (Å²) in [6, 6.07) is 15.7. The lowest BCUT2D eigenvalue weighted by atomic mass is 10.1. The number of rotatable bonds is 10. The summed E-state index contributed by atoms with van der Waals surface area (Å²) in [6.45, 7) is 1.31. The zero-order valence-corrected chi connectivity index (χ0v) is 13.7. The lowest BCUT2D eigenvalue weighted by Crippen LogP contribution is -2.13. The van der Waals surface area contributed by atoms with E-state index in [2.05, 4.69) is 0 Å². The third-order valence-corrected chi connectivity index (χ3v) is 3.45. The molecule has 4 nitrogen and oxygen atoms in total. The Balaban J connectivity index is 1.92. The number of hydrogen-bond acceptors (Lipinski definition) is 4. The van der Waals surface area contributed by atoms with Gasteiger partial charge in [0, 0.05) is 14.2 Å². The molecule has 2 aromatic carbocycles. The van der Waals surface area contributed by atoms with Gasteiger partial charge in [0.1, 0.15) is 11.5 Å². The van der Waals surface area contributed by atoms with Gasteiger partial charge in [-0.1, -0.05) is 36.4 Å². The third-order valence-electron chi connectivity index (χ3n) is 3.45. The second-order valence-corrected chi connectivity index (χ2v) is 5.03. The molecular formula is C18H22BO4. The van der Waals surface area contributed by atoms with Gasteiger partial charge in [-0.05, 0) is 36.1 Å². The molecule has 0 fully saturated rings. The van der Waals surface area contributed by atoms with Gasteiger partial charge >= 0.3 is 7.69 Å². The van der Waals surface area contributed by atoms with Crippen molar-refractivity contribution >= 4 is 7.69 Å². The third kappa shape index (κ3) is 5.62. The van der Waals surface area contributed by atoms with E-state index in [-0.39, 0.29) is 0 Å². The van der Waals surface area contributed by atoms with Crippen LogP contribution in [0.15, 0.2) is 48.5 Å². The Morgan fingerprint density at radius 1 is 0.696 bits per heavy atom. The van der Waals surface area contributed by atoms with Crippen molar-refractivity contribution in [2.45, 2.75) is 12.8 Å². The number of ether oxygens (including phenoxy) is 2. The number of hydrogen-bond donors (Lipinski definition) is 0. The largest absolute Gasteiger partial charge is 0.658 e. The quantitative estimate of drug-likeness (QED) is 0.632. The van der Waals surface area contributed by atoms with E-state index in [0.717, 1.165) is 35.5 Å². The van der Waals surface area contributed by atoms with Crippen molar-refractivity contribution in [3.05, 3.63) is 59.7 Å². The molecule has 0 saturated heterocycles. The Kier molecular flexibility index (Phi) is 7.50. The molecule has 2 aromatic rings. The predicted molar refractivity (Wildman–Crippen MR) is 91.1 cm³/mol. The minimum Gasteiger partial charge on any atom is -0.526 e. The summed E-state index contributed by atoms with van der Waals surface area (Å²) in [7, 11) is 4.75. The SMILES string of the molecule is COCCc1ccccc1O[B]Oc1ccccc1CCOC. The van der Waals surface area contributed by atoms with Gasteiger partial charge in [0.05, 0.1) is 13.2 Å². The molecule has 5 heteroatoms. The van der Waals surface area contributed by atoms with Crippen molar-refractivity contribution in [3.63, 3.8) is 0 Å². The fraction of sp³-hybridized carbons (Fsp3) is 0.333. The molecule has 1 radical (unpaired) electrons. The van der Waals surface area contributed by atoms with Gasteiger partial charge in [0.15, 0.2) is 0 Å². The van der Waals surface area contributed by atoms with Crippen molar-refractivity contribution in [1.82, 2.24) is 0 Å². The summed E-state index contributed by atoms with van der Waals surface area (Å²) in [5.74, 6) is 1.55. The van der Waals surface area contributed by atoms with E-state index in [9.17, 15) is 0 Å². The summed E-state index contributed by atoms with van der Waals surface area (Å²) in [5, 5.41) is 0. The Morgan fingerprint density at radius 3 is 1.57 bits per heavy atom. The summed E-state index contributed by atoms with van der Waals surface area (Å²) in [4.78, 5) is 0. The van der Waals surface area contributed by atoms with Crippen molar-refractivity contribution < 1.29 is 18.8 Å². The van der Waals surface area contributed by atoms with E-state index in [1.54, 1.807) is 14.2 Å². The first-order valence-electron chi connectivity index (χ1n) is 7.64. The van der Waals surface area contributed by atoms with Crippen LogP contribution in [-0.2, 0) is 22.3 Å². The average Bonchev–Trinajstić information content (AvgIpc) is 2.60. The first-order chi connectivity index (χ1) is 11.3. The van der Waals surface area contributed by atoms with Crippen LogP contribution < -0.4 is 9.31 Å². The minimum absolute atomic E-state index is 0.654. The van der Waals surface area contributed by atoms with Gasteiger partial charge in [-0.15, -0.1) is 0 Å². The molecule has 0 spiro atoms. The molecule has 0 aliphatic heterocycles. The summed E-state index contributed by atoms with van der Waals surface area (Å²) in [5.41, 5.74) is 2.17. The van der Waals surface area contributed by atoms with Gasteiger partial charge in [-0.3, -0.25) is 0 Å². The zero-order chi connectivity index (χ0) is 16.3. The Bertz CT molecular complexity index is 537. The normalized spacial score (nSPS) is 10.3. The van der Waals surface area contributed by atoms with Crippen LogP contribution in [0.4, 0.5) is 0 Å². The Labute approximate surface area is 138 Å². The Morgan fingerprint density at radius 2 is 1.13 bits per heavy atom. The van der Waals surface area contributed by atoms with Gasteiger partial charge in [0.25, 0.3) is 0 Å². The van der Waals surface area contributed by atoms with Gasteiger partial charge in [-0.25, -0.2) is 0 Å². The van der Waals surface area contributed by atoms with E-state index >= 15 is 0 Å². The molecule has 0 aliphatic carbocycles. The first kappa shape index (κ1) is 17.4. The van der Waals surface area contributed by atoms with Crippen LogP contribution in [0.1, 0.15) is 11.1 Å². The summed E-state index contributed by atoms with van der Waals surface area (Å²) < 4.78 is 21.6. The fourth-order valence-corrected chi connectivity index (χ4v) is 2.20. The molecule has 0 saturated carbocycles. The monoisotopic (exact) mass is 313 g/mol. The molecule has 121 valence electrons. The molecule has 0 N–H and O–H groups in total. The fourth-order valence-electron chi connectivity index (χ4n) is 2.20. The highest BCUT2D eigenvalue weighted by atomic mass is 16.6. The molecule has 0 amide bonds. The summed E-state index contributed by atoms with van der Waals surface area (Å²) in [6.07, 6.45) is 1.59. The van der Waals surface area contributed by atoms with Gasteiger partial charge < -0.3 is 18.8 Å². The van der Waals surface area contributed by atoms with Crippen LogP contribution in [0, 0.1) is 0 Å². The maximum absolute atomic E-state index is 5.66. The lowest BCUT2D eigenvalue weighted by molar-refractivity contribution is 0.201. The Hall–Kier alpha value is -1.98. The molecule has 0 heterocycles. The van der Waals surface area contributed by atoms with Crippen LogP contribution >= 0.6 is 0 Å². The van der Waals surface area contributed by atoms with Crippen LogP contribution in [-0.4, -0.2) is 35.1 Å². The number of methoxy groups -OCH3 is 2. The van der Waals surface area contributed by atoms with Crippen molar-refractivity contribution in [3.8, 4) is 11.5 Å². The van der Waals surface area contributed by atoms with Crippen molar-refractivity contribution in [2.75, 3.05) is 27.4 Å². The summed E-state index contributed by atoms with van der Waals surface area (Å²) >= 11 is 0. The molecule has 0 aromatic heterocycles. The van der Waals surface area contributed by atoms with E-state index < -0.39 is 0 Å². The molecule has 23 heavy (non-hydrogen) atoms. The lowest BCUT2D eigenvalue weighted by Gasteiger charge is -2.13. The maximum Gasteiger partial charge on any atom is 0.658 e. The molecule has 0 bridgehead atoms. The predicted octanol–water partition coefficient (Wildman–Crippen LogP) is 3.06. The van der Waals surface area contributed by atoms with Gasteiger partial charge in [-0.2, -0.15) is 0 Å². The molecule has 2 rings (SSSR count). The highest BCUT2D eigenvalue weighted by Gasteiger charge is 2.08. The molecule has 0 atom stereocenters. The van der Waals surface area contributed by atoms with E-state index in [0.29, 0.717) is 13.2 Å². The second kappa shape index (κ2) is 9.92. The average molecular weight is 313 g/mol. The number of para-hydroxylation sites is 2. The smallest absolute Gasteiger partial charge is 0.526 e. The van der Waals surface area contributed by atoms with Crippen LogP contribution in [0.25, 0.3) is 0 Å². The highest BCUT2D eigenvalue weighted by molar-refractivity contribution is 6.20. The molecule has 0 unspecified atom stereocenters. The van der Waals surface area contributed by atoms with Crippen LogP contribution in [0.5, 0.6) is 11.5 Å². The van der Waals surface area contributed by atoms with Gasteiger partial charge in [0.2, 0.25) is 0 Å². The highest BCUT2D eigenvalue weighted by Crippen LogP contribution is 2.21. The second-order valence-electron chi connectivity index (χ2n) is 5.03. The standard InChI is InChI=1S/C18H22BO4/c1-20-13-11-15-7-3-5-9-17(15)22-19-23-18-10-6-4-8-16(18)12-14-21-2/h3-10H,11-14H2,1-2H3. The van der Waals surface area contributed by atoms with Crippen LogP contribution in [0.2, 0.25) is 0 Å². The molecular weight excluding hydrogens is 291 g/mol. The van der Waals surface area contributed by atoms with Crippen LogP contribution in [0.3, 0.4) is 0 Å². The maximum atomic E-state index is 5.66. The van der Waals surface area contributed by atoms with E-state index in [1.807, 2.05) is 48.5 Å². The molecule has 0 aliphatic rings. The van der Waals surface area contributed by atoms with E-state index in [1.165, 1.54) is 7.69 Å². The topological polar surface area (TPSA) is 36.9 Å². The first-order valence-corrected chi connectivity index (χ1v) is 7.64. The van der Waals surface area contributed by atoms with E-state index in [4.69, 9.17) is 18.8 Å². The van der Waals surface area contributed by atoms with Crippen molar-refractivity contribution in [2.24, 2.45) is 0 Å². The number of benzene rings is 2.